The smallest absolute Gasteiger partial charge is 0.303 e. The van der Waals surface area contributed by atoms with Crippen LogP contribution >= 0.6 is 0 Å². The van der Waals surface area contributed by atoms with Crippen molar-refractivity contribution in [2.45, 2.75) is 25.8 Å². The van der Waals surface area contributed by atoms with E-state index in [0.29, 0.717) is 6.42 Å². The van der Waals surface area contributed by atoms with Gasteiger partial charge < -0.3 is 10.4 Å². The Morgan fingerprint density at radius 2 is 2.06 bits per heavy atom. The summed E-state index contributed by atoms with van der Waals surface area (Å²) in [7, 11) is 0. The molecule has 1 amide bonds. The van der Waals surface area contributed by atoms with Crippen LogP contribution in [0.25, 0.3) is 0 Å². The van der Waals surface area contributed by atoms with Gasteiger partial charge in [-0.3, -0.25) is 9.59 Å². The van der Waals surface area contributed by atoms with Gasteiger partial charge in [0, 0.05) is 12.5 Å². The second-order valence-corrected chi connectivity index (χ2v) is 3.79. The van der Waals surface area contributed by atoms with Crippen LogP contribution in [0.3, 0.4) is 0 Å². The molecule has 1 atom stereocenters. The van der Waals surface area contributed by atoms with Crippen LogP contribution in [0, 0.1) is 5.82 Å². The number of carboxylic acids is 1. The molecule has 1 rings (SSSR count). The molecule has 0 saturated carbocycles. The van der Waals surface area contributed by atoms with Gasteiger partial charge in [0.25, 0.3) is 5.91 Å². The lowest BCUT2D eigenvalue weighted by atomic mass is 10.1. The number of amides is 1. The molecule has 0 fully saturated rings. The van der Waals surface area contributed by atoms with Crippen molar-refractivity contribution in [3.8, 4) is 0 Å². The number of rotatable bonds is 5. The maximum atomic E-state index is 13.2. The quantitative estimate of drug-likeness (QED) is 0.823. The highest BCUT2D eigenvalue weighted by Gasteiger charge is 2.13. The standard InChI is InChI=1S/C12H14FNO3/c1-8(6-7-11(15)16)14-12(17)9-4-2-3-5-10(9)13/h2-5,8H,6-7H2,1H3,(H,14,17)(H,15,16). The van der Waals surface area contributed by atoms with Gasteiger partial charge in [-0.25, -0.2) is 4.39 Å². The minimum absolute atomic E-state index is 0.0290. The van der Waals surface area contributed by atoms with Gasteiger partial charge in [-0.15, -0.1) is 0 Å². The largest absolute Gasteiger partial charge is 0.481 e. The number of nitrogens with one attached hydrogen (secondary N) is 1. The summed E-state index contributed by atoms with van der Waals surface area (Å²) in [5.74, 6) is -2.03. The maximum absolute atomic E-state index is 13.2. The number of hydrogen-bond donors (Lipinski definition) is 2. The van der Waals surface area contributed by atoms with E-state index in [1.807, 2.05) is 0 Å². The topological polar surface area (TPSA) is 66.4 Å². The molecule has 92 valence electrons. The van der Waals surface area contributed by atoms with Crippen molar-refractivity contribution >= 4 is 11.9 Å². The third kappa shape index (κ3) is 4.22. The zero-order valence-corrected chi connectivity index (χ0v) is 9.44. The fraction of sp³-hybridized carbons (Fsp3) is 0.333. The molecule has 0 bridgehead atoms. The van der Waals surface area contributed by atoms with Crippen molar-refractivity contribution < 1.29 is 19.1 Å². The van der Waals surface area contributed by atoms with E-state index in [4.69, 9.17) is 5.11 Å². The normalized spacial score (nSPS) is 11.9. The Kier molecular flexibility index (Phi) is 4.63. The molecule has 0 spiro atoms. The maximum Gasteiger partial charge on any atom is 0.303 e. The monoisotopic (exact) mass is 239 g/mol. The molecule has 0 heterocycles. The van der Waals surface area contributed by atoms with E-state index >= 15 is 0 Å². The Balaban J connectivity index is 2.55. The highest BCUT2D eigenvalue weighted by Crippen LogP contribution is 2.07. The van der Waals surface area contributed by atoms with Crippen LogP contribution in [0.15, 0.2) is 24.3 Å². The average Bonchev–Trinajstić information content (AvgIpc) is 2.26. The lowest BCUT2D eigenvalue weighted by Gasteiger charge is -2.12. The molecule has 5 heteroatoms. The molecule has 4 nitrogen and oxygen atoms in total. The van der Waals surface area contributed by atoms with Crippen molar-refractivity contribution in [1.82, 2.24) is 5.32 Å². The van der Waals surface area contributed by atoms with E-state index in [2.05, 4.69) is 5.32 Å². The van der Waals surface area contributed by atoms with E-state index in [1.165, 1.54) is 18.2 Å². The molecule has 1 aromatic rings. The molecule has 0 saturated heterocycles. The van der Waals surface area contributed by atoms with Crippen molar-refractivity contribution in [2.24, 2.45) is 0 Å². The first-order chi connectivity index (χ1) is 8.00. The fourth-order valence-electron chi connectivity index (χ4n) is 1.36. The summed E-state index contributed by atoms with van der Waals surface area (Å²) in [5.41, 5.74) is -0.0327. The number of halogens is 1. The predicted octanol–water partition coefficient (Wildman–Crippen LogP) is 1.81. The van der Waals surface area contributed by atoms with Crippen LogP contribution in [0.4, 0.5) is 4.39 Å². The third-order valence-electron chi connectivity index (χ3n) is 2.29. The zero-order chi connectivity index (χ0) is 12.8. The van der Waals surface area contributed by atoms with E-state index in [1.54, 1.807) is 13.0 Å². The minimum atomic E-state index is -0.919. The Morgan fingerprint density at radius 1 is 1.41 bits per heavy atom. The molecule has 0 aliphatic heterocycles. The Hall–Kier alpha value is -1.91. The third-order valence-corrected chi connectivity index (χ3v) is 2.29. The highest BCUT2D eigenvalue weighted by atomic mass is 19.1. The lowest BCUT2D eigenvalue weighted by Crippen LogP contribution is -2.33. The summed E-state index contributed by atoms with van der Waals surface area (Å²) in [6, 6.07) is 5.35. The van der Waals surface area contributed by atoms with Crippen LogP contribution in [0.5, 0.6) is 0 Å². The van der Waals surface area contributed by atoms with Gasteiger partial charge in [0.1, 0.15) is 5.82 Å². The zero-order valence-electron chi connectivity index (χ0n) is 9.44. The van der Waals surface area contributed by atoms with Crippen LogP contribution in [0.2, 0.25) is 0 Å². The van der Waals surface area contributed by atoms with Gasteiger partial charge in [0.2, 0.25) is 0 Å². The van der Waals surface area contributed by atoms with Crippen LogP contribution < -0.4 is 5.32 Å². The number of aliphatic carboxylic acids is 1. The van der Waals surface area contributed by atoms with E-state index in [0.717, 1.165) is 0 Å². The van der Waals surface area contributed by atoms with E-state index < -0.39 is 17.7 Å². The Labute approximate surface area is 98.5 Å². The second kappa shape index (κ2) is 5.98. The van der Waals surface area contributed by atoms with Crippen LogP contribution in [-0.2, 0) is 4.79 Å². The summed E-state index contributed by atoms with van der Waals surface area (Å²) >= 11 is 0. The number of hydrogen-bond acceptors (Lipinski definition) is 2. The molecular formula is C12H14FNO3. The second-order valence-electron chi connectivity index (χ2n) is 3.79. The van der Waals surface area contributed by atoms with Crippen molar-refractivity contribution in [3.63, 3.8) is 0 Å². The van der Waals surface area contributed by atoms with Gasteiger partial charge in [0.05, 0.1) is 5.56 Å². The van der Waals surface area contributed by atoms with Crippen molar-refractivity contribution in [3.05, 3.63) is 35.6 Å². The first kappa shape index (κ1) is 13.2. The molecule has 0 radical (unpaired) electrons. The van der Waals surface area contributed by atoms with Crippen LogP contribution in [0.1, 0.15) is 30.1 Å². The van der Waals surface area contributed by atoms with Crippen molar-refractivity contribution in [2.75, 3.05) is 0 Å². The van der Waals surface area contributed by atoms with Crippen LogP contribution in [-0.4, -0.2) is 23.0 Å². The summed E-state index contributed by atoms with van der Waals surface area (Å²) < 4.78 is 13.2. The van der Waals surface area contributed by atoms with Gasteiger partial charge in [-0.2, -0.15) is 0 Å². The Bertz CT molecular complexity index is 420. The van der Waals surface area contributed by atoms with Gasteiger partial charge >= 0.3 is 5.97 Å². The molecule has 1 aromatic carbocycles. The summed E-state index contributed by atoms with van der Waals surface area (Å²) in [6.07, 6.45) is 0.286. The van der Waals surface area contributed by atoms with Crippen molar-refractivity contribution in [1.29, 1.82) is 0 Å². The SMILES string of the molecule is CC(CCC(=O)O)NC(=O)c1ccccc1F. The Morgan fingerprint density at radius 3 is 2.65 bits per heavy atom. The molecule has 0 aromatic heterocycles. The van der Waals surface area contributed by atoms with Gasteiger partial charge in [-0.05, 0) is 25.5 Å². The molecule has 1 unspecified atom stereocenters. The van der Waals surface area contributed by atoms with E-state index in [-0.39, 0.29) is 18.0 Å². The average molecular weight is 239 g/mol. The fourth-order valence-corrected chi connectivity index (χ4v) is 1.36. The molecule has 17 heavy (non-hydrogen) atoms. The molecule has 0 aliphatic rings. The molecule has 0 aliphatic carbocycles. The number of benzene rings is 1. The number of carbonyl (C=O) groups excluding carboxylic acids is 1. The van der Waals surface area contributed by atoms with Gasteiger partial charge in [0.15, 0.2) is 0 Å². The highest BCUT2D eigenvalue weighted by molar-refractivity contribution is 5.94. The lowest BCUT2D eigenvalue weighted by molar-refractivity contribution is -0.137. The molecular weight excluding hydrogens is 225 g/mol. The van der Waals surface area contributed by atoms with E-state index in [9.17, 15) is 14.0 Å². The first-order valence-corrected chi connectivity index (χ1v) is 5.28. The minimum Gasteiger partial charge on any atom is -0.481 e. The predicted molar refractivity (Wildman–Crippen MR) is 60.2 cm³/mol. The molecule has 2 N–H and O–H groups in total. The van der Waals surface area contributed by atoms with Gasteiger partial charge in [-0.1, -0.05) is 12.1 Å². The summed E-state index contributed by atoms with van der Waals surface area (Å²) in [4.78, 5) is 22.0. The summed E-state index contributed by atoms with van der Waals surface area (Å²) in [5, 5.41) is 11.0. The number of carbonyl (C=O) groups is 2. The summed E-state index contributed by atoms with van der Waals surface area (Å²) in [6.45, 7) is 1.68. The first-order valence-electron chi connectivity index (χ1n) is 5.28. The number of carboxylic acid groups (broad SMARTS) is 1.